The summed E-state index contributed by atoms with van der Waals surface area (Å²) < 4.78 is 37.5. The molecule has 1 amide bonds. The van der Waals surface area contributed by atoms with Gasteiger partial charge in [0.1, 0.15) is 17.4 Å². The number of carbonyl (C=O) groups excluding carboxylic acids is 1. The van der Waals surface area contributed by atoms with Crippen molar-refractivity contribution in [1.82, 2.24) is 15.4 Å². The molecule has 8 heteroatoms. The Morgan fingerprint density at radius 3 is 2.72 bits per heavy atom. The SMILES string of the molecule is COc1ccccc1CN1CCC(CNC(=O)c2cc(-c3ccc(F)cc3F)on2)CC1. The Bertz CT molecular complexity index is 1080. The van der Waals surface area contributed by atoms with Gasteiger partial charge in [-0.15, -0.1) is 0 Å². The zero-order valence-corrected chi connectivity index (χ0v) is 17.8. The molecule has 168 valence electrons. The lowest BCUT2D eigenvalue weighted by atomic mass is 9.96. The second kappa shape index (κ2) is 9.91. The van der Waals surface area contributed by atoms with Gasteiger partial charge in [0.2, 0.25) is 0 Å². The number of carbonyl (C=O) groups is 1. The van der Waals surface area contributed by atoms with Crippen LogP contribution in [0.4, 0.5) is 8.78 Å². The van der Waals surface area contributed by atoms with Gasteiger partial charge in [0.05, 0.1) is 12.7 Å². The molecule has 0 spiro atoms. The van der Waals surface area contributed by atoms with E-state index >= 15 is 0 Å². The Kier molecular flexibility index (Phi) is 6.80. The molecule has 2 aromatic carbocycles. The second-order valence-corrected chi connectivity index (χ2v) is 7.94. The average Bonchev–Trinajstić information content (AvgIpc) is 3.29. The monoisotopic (exact) mass is 441 g/mol. The highest BCUT2D eigenvalue weighted by Gasteiger charge is 2.22. The Morgan fingerprint density at radius 1 is 1.19 bits per heavy atom. The van der Waals surface area contributed by atoms with E-state index in [9.17, 15) is 13.6 Å². The van der Waals surface area contributed by atoms with E-state index in [2.05, 4.69) is 21.4 Å². The number of hydrogen-bond acceptors (Lipinski definition) is 5. The van der Waals surface area contributed by atoms with E-state index in [1.54, 1.807) is 7.11 Å². The second-order valence-electron chi connectivity index (χ2n) is 7.94. The van der Waals surface area contributed by atoms with Crippen LogP contribution in [-0.2, 0) is 6.54 Å². The van der Waals surface area contributed by atoms with E-state index < -0.39 is 11.6 Å². The van der Waals surface area contributed by atoms with Crippen LogP contribution in [0.25, 0.3) is 11.3 Å². The third kappa shape index (κ3) is 5.13. The molecule has 1 saturated heterocycles. The van der Waals surface area contributed by atoms with Gasteiger partial charge in [-0.25, -0.2) is 8.78 Å². The van der Waals surface area contributed by atoms with Crippen LogP contribution < -0.4 is 10.1 Å². The minimum atomic E-state index is -0.770. The van der Waals surface area contributed by atoms with Crippen molar-refractivity contribution in [3.8, 4) is 17.1 Å². The first kappa shape index (κ1) is 22.0. The molecule has 6 nitrogen and oxygen atoms in total. The summed E-state index contributed by atoms with van der Waals surface area (Å²) >= 11 is 0. The summed E-state index contributed by atoms with van der Waals surface area (Å²) in [6, 6.07) is 12.5. The fourth-order valence-electron chi connectivity index (χ4n) is 3.95. The van der Waals surface area contributed by atoms with Gasteiger partial charge in [0.15, 0.2) is 11.5 Å². The van der Waals surface area contributed by atoms with Crippen LogP contribution in [0.1, 0.15) is 28.9 Å². The number of benzene rings is 2. The van der Waals surface area contributed by atoms with Gasteiger partial charge in [0.25, 0.3) is 5.91 Å². The van der Waals surface area contributed by atoms with Gasteiger partial charge >= 0.3 is 0 Å². The van der Waals surface area contributed by atoms with Crippen molar-refractivity contribution in [2.75, 3.05) is 26.7 Å². The standard InChI is InChI=1S/C24H25F2N3O3/c1-31-22-5-3-2-4-17(22)15-29-10-8-16(9-11-29)14-27-24(30)21-13-23(32-28-21)19-7-6-18(25)12-20(19)26/h2-7,12-13,16H,8-11,14-15H2,1H3,(H,27,30). The van der Waals surface area contributed by atoms with Crippen LogP contribution in [0.15, 0.2) is 53.1 Å². The molecule has 0 unspecified atom stereocenters. The topological polar surface area (TPSA) is 67.6 Å². The lowest BCUT2D eigenvalue weighted by Gasteiger charge is -2.32. The van der Waals surface area contributed by atoms with Crippen molar-refractivity contribution >= 4 is 5.91 Å². The van der Waals surface area contributed by atoms with E-state index in [0.29, 0.717) is 12.5 Å². The molecule has 1 fully saturated rings. The van der Waals surface area contributed by atoms with Crippen LogP contribution in [0.2, 0.25) is 0 Å². The van der Waals surface area contributed by atoms with E-state index in [0.717, 1.165) is 50.4 Å². The summed E-state index contributed by atoms with van der Waals surface area (Å²) in [6.45, 7) is 3.26. The Hall–Kier alpha value is -3.26. The lowest BCUT2D eigenvalue weighted by Crippen LogP contribution is -2.38. The fourth-order valence-corrected chi connectivity index (χ4v) is 3.95. The smallest absolute Gasteiger partial charge is 0.273 e. The Balaban J connectivity index is 1.26. The van der Waals surface area contributed by atoms with E-state index in [1.165, 1.54) is 17.7 Å². The predicted octanol–water partition coefficient (Wildman–Crippen LogP) is 4.27. The number of piperidine rings is 1. The molecule has 1 aliphatic heterocycles. The van der Waals surface area contributed by atoms with Crippen LogP contribution >= 0.6 is 0 Å². The number of para-hydroxylation sites is 1. The lowest BCUT2D eigenvalue weighted by molar-refractivity contribution is 0.0926. The molecule has 1 aliphatic rings. The zero-order valence-electron chi connectivity index (χ0n) is 17.8. The van der Waals surface area contributed by atoms with Gasteiger partial charge in [0, 0.05) is 30.8 Å². The van der Waals surface area contributed by atoms with Crippen molar-refractivity contribution in [2.24, 2.45) is 5.92 Å². The summed E-state index contributed by atoms with van der Waals surface area (Å²) in [5.41, 5.74) is 1.29. The number of aromatic nitrogens is 1. The number of nitrogens with one attached hydrogen (secondary N) is 1. The van der Waals surface area contributed by atoms with Crippen LogP contribution in [0.5, 0.6) is 5.75 Å². The average molecular weight is 441 g/mol. The number of rotatable bonds is 7. The Labute approximate surface area is 185 Å². The third-order valence-corrected chi connectivity index (χ3v) is 5.78. The fraction of sp³-hybridized carbons (Fsp3) is 0.333. The molecule has 0 atom stereocenters. The van der Waals surface area contributed by atoms with E-state index in [1.807, 2.05) is 18.2 Å². The summed E-state index contributed by atoms with van der Waals surface area (Å²) in [5.74, 6) is -0.481. The van der Waals surface area contributed by atoms with Crippen molar-refractivity contribution in [3.05, 3.63) is 71.4 Å². The molecule has 1 aromatic heterocycles. The summed E-state index contributed by atoms with van der Waals surface area (Å²) in [4.78, 5) is 14.8. The molecule has 2 heterocycles. The maximum atomic E-state index is 13.9. The maximum Gasteiger partial charge on any atom is 0.273 e. The number of ether oxygens (including phenoxy) is 1. The summed E-state index contributed by atoms with van der Waals surface area (Å²) in [7, 11) is 1.68. The minimum Gasteiger partial charge on any atom is -0.496 e. The minimum absolute atomic E-state index is 0.0559. The van der Waals surface area contributed by atoms with E-state index in [-0.39, 0.29) is 22.9 Å². The number of halogens is 2. The van der Waals surface area contributed by atoms with Crippen LogP contribution in [0.3, 0.4) is 0 Å². The molecule has 0 radical (unpaired) electrons. The molecule has 4 rings (SSSR count). The number of methoxy groups -OCH3 is 1. The van der Waals surface area contributed by atoms with Crippen LogP contribution in [0, 0.1) is 17.6 Å². The van der Waals surface area contributed by atoms with Gasteiger partial charge in [-0.1, -0.05) is 23.4 Å². The highest BCUT2D eigenvalue weighted by atomic mass is 19.1. The number of hydrogen-bond donors (Lipinski definition) is 1. The molecule has 1 N–H and O–H groups in total. The van der Waals surface area contributed by atoms with E-state index in [4.69, 9.17) is 9.26 Å². The first-order chi connectivity index (χ1) is 15.5. The predicted molar refractivity (Wildman–Crippen MR) is 115 cm³/mol. The molecule has 32 heavy (non-hydrogen) atoms. The highest BCUT2D eigenvalue weighted by Crippen LogP contribution is 2.25. The number of amides is 1. The number of likely N-dealkylation sites (tertiary alicyclic amines) is 1. The summed E-state index contributed by atoms with van der Waals surface area (Å²) in [6.07, 6.45) is 1.95. The zero-order chi connectivity index (χ0) is 22.5. The van der Waals surface area contributed by atoms with Crippen molar-refractivity contribution < 1.29 is 22.8 Å². The van der Waals surface area contributed by atoms with Gasteiger partial charge in [-0.05, 0) is 50.0 Å². The maximum absolute atomic E-state index is 13.9. The highest BCUT2D eigenvalue weighted by molar-refractivity contribution is 5.93. The normalized spacial score (nSPS) is 15.0. The molecular formula is C24H25F2N3O3. The van der Waals surface area contributed by atoms with Gasteiger partial charge in [-0.2, -0.15) is 0 Å². The third-order valence-electron chi connectivity index (χ3n) is 5.78. The first-order valence-electron chi connectivity index (χ1n) is 10.6. The largest absolute Gasteiger partial charge is 0.496 e. The van der Waals surface area contributed by atoms with Crippen LogP contribution in [-0.4, -0.2) is 42.7 Å². The summed E-state index contributed by atoms with van der Waals surface area (Å²) in [5, 5.41) is 6.61. The molecule has 0 bridgehead atoms. The van der Waals surface area contributed by atoms with Crippen molar-refractivity contribution in [2.45, 2.75) is 19.4 Å². The van der Waals surface area contributed by atoms with Crippen molar-refractivity contribution in [3.63, 3.8) is 0 Å². The van der Waals surface area contributed by atoms with Gasteiger partial charge < -0.3 is 14.6 Å². The van der Waals surface area contributed by atoms with Gasteiger partial charge in [-0.3, -0.25) is 9.69 Å². The molecular weight excluding hydrogens is 416 g/mol. The Morgan fingerprint density at radius 2 is 1.97 bits per heavy atom. The van der Waals surface area contributed by atoms with Crippen molar-refractivity contribution in [1.29, 1.82) is 0 Å². The molecule has 0 aliphatic carbocycles. The molecule has 0 saturated carbocycles. The number of nitrogens with zero attached hydrogens (tertiary/aromatic N) is 2. The first-order valence-corrected chi connectivity index (χ1v) is 10.6. The quantitative estimate of drug-likeness (QED) is 0.593. The molecule has 3 aromatic rings.